The van der Waals surface area contributed by atoms with Crippen LogP contribution < -0.4 is 5.32 Å². The summed E-state index contributed by atoms with van der Waals surface area (Å²) in [4.78, 5) is 20.1. The minimum absolute atomic E-state index is 0.0846. The molecule has 1 aliphatic rings. The number of carbonyl (C=O) groups is 1. The van der Waals surface area contributed by atoms with Crippen LogP contribution in [0, 0.1) is 12.7 Å². The Balaban J connectivity index is 1.41. The molecule has 7 heteroatoms. The van der Waals surface area contributed by atoms with Crippen LogP contribution in [0.25, 0.3) is 0 Å². The number of likely N-dealkylation sites (tertiary alicyclic amines) is 1. The molecule has 2 heterocycles. The second kappa shape index (κ2) is 8.32. The highest BCUT2D eigenvalue weighted by Crippen LogP contribution is 2.33. The van der Waals surface area contributed by atoms with Crippen molar-refractivity contribution in [3.05, 3.63) is 71.0 Å². The van der Waals surface area contributed by atoms with Crippen molar-refractivity contribution in [2.24, 2.45) is 0 Å². The molecular formula is C21H20FN3OS2. The van der Waals surface area contributed by atoms with Gasteiger partial charge in [-0.3, -0.25) is 0 Å². The van der Waals surface area contributed by atoms with Crippen molar-refractivity contribution < 1.29 is 9.18 Å². The lowest BCUT2D eigenvalue weighted by atomic mass is 10.0. The van der Waals surface area contributed by atoms with Crippen LogP contribution in [0.1, 0.15) is 30.1 Å². The molecule has 1 atom stereocenters. The van der Waals surface area contributed by atoms with Gasteiger partial charge in [-0.1, -0.05) is 23.9 Å². The number of halogens is 1. The van der Waals surface area contributed by atoms with Crippen molar-refractivity contribution in [2.75, 3.05) is 11.9 Å². The van der Waals surface area contributed by atoms with E-state index in [1.54, 1.807) is 34.1 Å². The third-order valence-corrected chi connectivity index (χ3v) is 6.72. The van der Waals surface area contributed by atoms with Crippen LogP contribution in [0.4, 0.5) is 14.9 Å². The van der Waals surface area contributed by atoms with Gasteiger partial charge in [0.1, 0.15) is 5.82 Å². The Bertz CT molecular complexity index is 974. The third kappa shape index (κ3) is 4.36. The maximum atomic E-state index is 13.6. The number of hydrogen-bond acceptors (Lipinski definition) is 4. The Labute approximate surface area is 171 Å². The lowest BCUT2D eigenvalue weighted by molar-refractivity contribution is 0.207. The molecule has 2 amide bonds. The molecule has 144 valence electrons. The van der Waals surface area contributed by atoms with Gasteiger partial charge in [0.25, 0.3) is 0 Å². The monoisotopic (exact) mass is 413 g/mol. The Morgan fingerprint density at radius 3 is 2.82 bits per heavy atom. The van der Waals surface area contributed by atoms with Crippen molar-refractivity contribution in [3.8, 4) is 0 Å². The van der Waals surface area contributed by atoms with E-state index in [1.807, 2.05) is 42.6 Å². The molecule has 1 fully saturated rings. The first-order chi connectivity index (χ1) is 13.6. The number of aryl methyl sites for hydroxylation is 1. The average Bonchev–Trinajstić information content (AvgIpc) is 3.32. The van der Waals surface area contributed by atoms with Gasteiger partial charge >= 0.3 is 6.03 Å². The highest BCUT2D eigenvalue weighted by Gasteiger charge is 2.30. The SMILES string of the molecule is Cc1csc(Sc2ccc(NC(=O)N3CCC[C@H]3c3cccc(F)c3)cc2)n1. The highest BCUT2D eigenvalue weighted by atomic mass is 32.2. The quantitative estimate of drug-likeness (QED) is 0.561. The van der Waals surface area contributed by atoms with E-state index in [4.69, 9.17) is 0 Å². The van der Waals surface area contributed by atoms with Gasteiger partial charge in [-0.15, -0.1) is 11.3 Å². The standard InChI is InChI=1S/C21H20FN3OS2/c1-14-13-27-21(23-14)28-18-9-7-17(8-10-18)24-20(26)25-11-3-6-19(25)15-4-2-5-16(22)12-15/h2,4-5,7-10,12-13,19H,3,6,11H2,1H3,(H,24,26)/t19-/m0/s1. The van der Waals surface area contributed by atoms with Gasteiger partial charge in [-0.25, -0.2) is 14.2 Å². The summed E-state index contributed by atoms with van der Waals surface area (Å²) < 4.78 is 14.6. The molecule has 0 aliphatic carbocycles. The molecule has 1 N–H and O–H groups in total. The van der Waals surface area contributed by atoms with Gasteiger partial charge in [-0.05, 0) is 61.7 Å². The fourth-order valence-electron chi connectivity index (χ4n) is 3.35. The lowest BCUT2D eigenvalue weighted by Crippen LogP contribution is -2.34. The van der Waals surface area contributed by atoms with Gasteiger partial charge in [0.2, 0.25) is 0 Å². The van der Waals surface area contributed by atoms with E-state index in [9.17, 15) is 9.18 Å². The Hall–Kier alpha value is -2.38. The second-order valence-corrected chi connectivity index (χ2v) is 8.90. The summed E-state index contributed by atoms with van der Waals surface area (Å²) in [5.74, 6) is -0.270. The smallest absolute Gasteiger partial charge is 0.317 e. The molecule has 28 heavy (non-hydrogen) atoms. The zero-order chi connectivity index (χ0) is 19.5. The van der Waals surface area contributed by atoms with Crippen molar-refractivity contribution in [1.82, 2.24) is 9.88 Å². The topological polar surface area (TPSA) is 45.2 Å². The number of anilines is 1. The van der Waals surface area contributed by atoms with Crippen molar-refractivity contribution in [3.63, 3.8) is 0 Å². The van der Waals surface area contributed by atoms with Crippen LogP contribution >= 0.6 is 23.1 Å². The van der Waals surface area contributed by atoms with Gasteiger partial charge in [-0.2, -0.15) is 0 Å². The Kier molecular flexibility index (Phi) is 5.64. The molecule has 0 unspecified atom stereocenters. The van der Waals surface area contributed by atoms with Crippen molar-refractivity contribution in [1.29, 1.82) is 0 Å². The first kappa shape index (κ1) is 19.0. The van der Waals surface area contributed by atoms with E-state index in [0.717, 1.165) is 39.0 Å². The number of carbonyl (C=O) groups excluding carboxylic acids is 1. The molecule has 4 rings (SSSR count). The molecular weight excluding hydrogens is 393 g/mol. The van der Waals surface area contributed by atoms with Crippen LogP contribution in [0.15, 0.2) is 63.1 Å². The Morgan fingerprint density at radius 1 is 1.29 bits per heavy atom. The minimum Gasteiger partial charge on any atom is -0.317 e. The van der Waals surface area contributed by atoms with Crippen molar-refractivity contribution in [2.45, 2.75) is 35.0 Å². The highest BCUT2D eigenvalue weighted by molar-refractivity contribution is 8.01. The molecule has 1 aliphatic heterocycles. The first-order valence-electron chi connectivity index (χ1n) is 9.11. The summed E-state index contributed by atoms with van der Waals surface area (Å²) in [7, 11) is 0. The minimum atomic E-state index is -0.270. The number of benzene rings is 2. The molecule has 0 bridgehead atoms. The molecule has 0 saturated carbocycles. The number of urea groups is 1. The van der Waals surface area contributed by atoms with Crippen LogP contribution in [-0.4, -0.2) is 22.5 Å². The summed E-state index contributed by atoms with van der Waals surface area (Å²) in [6.07, 6.45) is 1.76. The maximum Gasteiger partial charge on any atom is 0.322 e. The number of thiazole rings is 1. The molecule has 4 nitrogen and oxygen atoms in total. The summed E-state index contributed by atoms with van der Waals surface area (Å²) in [6, 6.07) is 14.0. The average molecular weight is 414 g/mol. The van der Waals surface area contributed by atoms with Crippen LogP contribution in [0.2, 0.25) is 0 Å². The second-order valence-electron chi connectivity index (χ2n) is 6.72. The maximum absolute atomic E-state index is 13.6. The Morgan fingerprint density at radius 2 is 2.11 bits per heavy atom. The zero-order valence-corrected chi connectivity index (χ0v) is 17.0. The van der Waals surface area contributed by atoms with E-state index in [0.29, 0.717) is 6.54 Å². The van der Waals surface area contributed by atoms with E-state index >= 15 is 0 Å². The number of hydrogen-bond donors (Lipinski definition) is 1. The first-order valence-corrected chi connectivity index (χ1v) is 10.8. The van der Waals surface area contributed by atoms with E-state index < -0.39 is 0 Å². The number of rotatable bonds is 4. The fourth-order valence-corrected chi connectivity index (χ4v) is 5.16. The number of nitrogens with zero attached hydrogens (tertiary/aromatic N) is 2. The lowest BCUT2D eigenvalue weighted by Gasteiger charge is -2.25. The predicted octanol–water partition coefficient (Wildman–Crippen LogP) is 6.11. The largest absolute Gasteiger partial charge is 0.322 e. The summed E-state index contributed by atoms with van der Waals surface area (Å²) >= 11 is 3.23. The summed E-state index contributed by atoms with van der Waals surface area (Å²) in [6.45, 7) is 2.65. The normalized spacial score (nSPS) is 16.4. The number of aromatic nitrogens is 1. The van der Waals surface area contributed by atoms with E-state index in [1.165, 1.54) is 12.1 Å². The van der Waals surface area contributed by atoms with Crippen LogP contribution in [0.5, 0.6) is 0 Å². The molecule has 3 aromatic rings. The molecule has 1 aromatic heterocycles. The molecule has 0 spiro atoms. The number of nitrogens with one attached hydrogen (secondary N) is 1. The van der Waals surface area contributed by atoms with Gasteiger partial charge < -0.3 is 10.2 Å². The molecule has 1 saturated heterocycles. The van der Waals surface area contributed by atoms with Crippen molar-refractivity contribution >= 4 is 34.8 Å². The molecule has 0 radical (unpaired) electrons. The van der Waals surface area contributed by atoms with Gasteiger partial charge in [0, 0.05) is 28.2 Å². The predicted molar refractivity (Wildman–Crippen MR) is 112 cm³/mol. The van der Waals surface area contributed by atoms with E-state index in [2.05, 4.69) is 10.3 Å². The van der Waals surface area contributed by atoms with Crippen LogP contribution in [-0.2, 0) is 0 Å². The summed E-state index contributed by atoms with van der Waals surface area (Å²) in [5, 5.41) is 4.99. The van der Waals surface area contributed by atoms with Gasteiger partial charge in [0.05, 0.1) is 6.04 Å². The summed E-state index contributed by atoms with van der Waals surface area (Å²) in [5.41, 5.74) is 2.61. The van der Waals surface area contributed by atoms with Crippen LogP contribution in [0.3, 0.4) is 0 Å². The van der Waals surface area contributed by atoms with Gasteiger partial charge in [0.15, 0.2) is 4.34 Å². The third-order valence-electron chi connectivity index (χ3n) is 4.66. The fraction of sp³-hybridized carbons (Fsp3) is 0.238. The molecule has 2 aromatic carbocycles. The zero-order valence-electron chi connectivity index (χ0n) is 15.4. The number of amides is 2. The van der Waals surface area contributed by atoms with E-state index in [-0.39, 0.29) is 17.9 Å².